The van der Waals surface area contributed by atoms with Crippen molar-refractivity contribution >= 4 is 5.97 Å². The minimum Gasteiger partial charge on any atom is -0.484 e. The summed E-state index contributed by atoms with van der Waals surface area (Å²) in [5.74, 6) is -5.36. The quantitative estimate of drug-likeness (QED) is 0.553. The summed E-state index contributed by atoms with van der Waals surface area (Å²) in [6.07, 6.45) is 4.50. The molecule has 2 N–H and O–H groups in total. The molecule has 2 aliphatic rings. The van der Waals surface area contributed by atoms with Crippen LogP contribution in [0.3, 0.4) is 0 Å². The van der Waals surface area contributed by atoms with E-state index in [1.165, 1.54) is 24.3 Å². The molecule has 0 unspecified atom stereocenters. The van der Waals surface area contributed by atoms with Crippen molar-refractivity contribution in [2.24, 2.45) is 17.8 Å². The molecule has 0 aromatic heterocycles. The molecule has 5 nitrogen and oxygen atoms in total. The fourth-order valence-electron chi connectivity index (χ4n) is 4.52. The summed E-state index contributed by atoms with van der Waals surface area (Å²) in [7, 11) is 0. The number of rotatable bonds is 9. The van der Waals surface area contributed by atoms with E-state index in [0.29, 0.717) is 19.4 Å². The predicted molar refractivity (Wildman–Crippen MR) is 108 cm³/mol. The molecule has 1 aromatic carbocycles. The molecule has 1 heterocycles. The standard InChI is InChI=1S/C23H29F3O5/c24-18-5-1-2-6-20(18)31-14-23(25,26)11-10-16-17-9-8-15(4-3-7-22(28)29)13-30-21(17)12-19(16)27/h1-2,5-6,10-11,15-17,19,21,27H,3-4,7-9,12-14H2,(H,28,29)/b11-10+/t15-,16+,17+,19+,21-/m0/s1. The van der Waals surface area contributed by atoms with Gasteiger partial charge in [0.25, 0.3) is 5.92 Å². The average molecular weight is 442 g/mol. The van der Waals surface area contributed by atoms with Gasteiger partial charge in [-0.3, -0.25) is 4.79 Å². The molecule has 0 amide bonds. The summed E-state index contributed by atoms with van der Waals surface area (Å²) in [6, 6.07) is 5.38. The molecule has 1 saturated carbocycles. The third kappa shape index (κ3) is 6.71. The number of para-hydroxylation sites is 1. The van der Waals surface area contributed by atoms with E-state index in [-0.39, 0.29) is 30.1 Å². The maximum absolute atomic E-state index is 14.3. The zero-order chi connectivity index (χ0) is 22.4. The van der Waals surface area contributed by atoms with Crippen LogP contribution in [-0.4, -0.2) is 47.5 Å². The molecule has 1 aliphatic heterocycles. The Morgan fingerprint density at radius 1 is 1.29 bits per heavy atom. The second-order valence-corrected chi connectivity index (χ2v) is 8.48. The molecule has 1 aliphatic carbocycles. The van der Waals surface area contributed by atoms with Gasteiger partial charge >= 0.3 is 5.97 Å². The first-order valence-electron chi connectivity index (χ1n) is 10.7. The number of aliphatic carboxylic acids is 1. The van der Waals surface area contributed by atoms with Crippen molar-refractivity contribution in [3.63, 3.8) is 0 Å². The first-order valence-corrected chi connectivity index (χ1v) is 10.7. The Morgan fingerprint density at radius 3 is 2.81 bits per heavy atom. The molecule has 172 valence electrons. The smallest absolute Gasteiger partial charge is 0.303 e. The number of aliphatic hydroxyl groups excluding tert-OH is 1. The molecule has 0 radical (unpaired) electrons. The minimum atomic E-state index is -3.31. The molecule has 31 heavy (non-hydrogen) atoms. The fourth-order valence-corrected chi connectivity index (χ4v) is 4.52. The van der Waals surface area contributed by atoms with Gasteiger partial charge in [0.15, 0.2) is 18.2 Å². The third-order valence-electron chi connectivity index (χ3n) is 6.17. The number of halogens is 3. The average Bonchev–Trinajstić information content (AvgIpc) is 2.88. The lowest BCUT2D eigenvalue weighted by Crippen LogP contribution is -2.25. The van der Waals surface area contributed by atoms with E-state index in [1.807, 2.05) is 0 Å². The predicted octanol–water partition coefficient (Wildman–Crippen LogP) is 4.44. The fraction of sp³-hybridized carbons (Fsp3) is 0.609. The molecule has 0 bridgehead atoms. The van der Waals surface area contributed by atoms with E-state index < -0.39 is 36.3 Å². The van der Waals surface area contributed by atoms with E-state index in [9.17, 15) is 23.1 Å². The largest absolute Gasteiger partial charge is 0.484 e. The van der Waals surface area contributed by atoms with Crippen molar-refractivity contribution in [1.82, 2.24) is 0 Å². The van der Waals surface area contributed by atoms with Crippen LogP contribution in [0.15, 0.2) is 36.4 Å². The highest BCUT2D eigenvalue weighted by atomic mass is 19.3. The second-order valence-electron chi connectivity index (χ2n) is 8.48. The van der Waals surface area contributed by atoms with Crippen LogP contribution in [0.5, 0.6) is 5.75 Å². The van der Waals surface area contributed by atoms with Crippen LogP contribution in [0.2, 0.25) is 0 Å². The Bertz CT molecular complexity index is 769. The first kappa shape index (κ1) is 23.6. The SMILES string of the molecule is O=C(O)CCC[C@H]1CC[C@@H]2[C@@H](/C=C/C(F)(F)COc3ccccc3F)[C@H](O)C[C@@H]2OC1. The van der Waals surface area contributed by atoms with Gasteiger partial charge in [0.1, 0.15) is 0 Å². The van der Waals surface area contributed by atoms with Gasteiger partial charge in [-0.25, -0.2) is 4.39 Å². The molecule has 5 atom stereocenters. The lowest BCUT2D eigenvalue weighted by Gasteiger charge is -2.21. The highest BCUT2D eigenvalue weighted by Crippen LogP contribution is 2.42. The number of carboxylic acids is 1. The molecule has 3 rings (SSSR count). The summed E-state index contributed by atoms with van der Waals surface area (Å²) in [6.45, 7) is -0.500. The van der Waals surface area contributed by atoms with Crippen molar-refractivity contribution in [1.29, 1.82) is 0 Å². The van der Waals surface area contributed by atoms with E-state index in [4.69, 9.17) is 14.6 Å². The summed E-state index contributed by atoms with van der Waals surface area (Å²) in [4.78, 5) is 10.7. The van der Waals surface area contributed by atoms with Gasteiger partial charge in [-0.2, -0.15) is 8.78 Å². The van der Waals surface area contributed by atoms with Crippen LogP contribution in [0.1, 0.15) is 38.5 Å². The summed E-state index contributed by atoms with van der Waals surface area (Å²) < 4.78 is 53.0. The highest BCUT2D eigenvalue weighted by Gasteiger charge is 2.44. The molecular formula is C23H29F3O5. The molecule has 1 aromatic rings. The normalized spacial score (nSPS) is 29.0. The van der Waals surface area contributed by atoms with Gasteiger partial charge in [0.05, 0.1) is 12.2 Å². The zero-order valence-corrected chi connectivity index (χ0v) is 17.3. The summed E-state index contributed by atoms with van der Waals surface area (Å²) in [5.41, 5.74) is 0. The van der Waals surface area contributed by atoms with Gasteiger partial charge in [-0.15, -0.1) is 0 Å². The monoisotopic (exact) mass is 442 g/mol. The van der Waals surface area contributed by atoms with Crippen LogP contribution in [0, 0.1) is 23.6 Å². The Kier molecular flexibility index (Phi) is 8.00. The lowest BCUT2D eigenvalue weighted by atomic mass is 9.86. The number of ether oxygens (including phenoxy) is 2. The first-order chi connectivity index (χ1) is 14.7. The van der Waals surface area contributed by atoms with Crippen LogP contribution in [0.25, 0.3) is 0 Å². The van der Waals surface area contributed by atoms with Gasteiger partial charge < -0.3 is 19.7 Å². The summed E-state index contributed by atoms with van der Waals surface area (Å²) >= 11 is 0. The number of fused-ring (bicyclic) bond motifs is 1. The molecule has 8 heteroatoms. The van der Waals surface area contributed by atoms with Crippen LogP contribution in [0.4, 0.5) is 13.2 Å². The van der Waals surface area contributed by atoms with Crippen molar-refractivity contribution < 1.29 is 37.7 Å². The number of carbonyl (C=O) groups is 1. The van der Waals surface area contributed by atoms with Crippen molar-refractivity contribution in [2.75, 3.05) is 13.2 Å². The Hall–Kier alpha value is -2.06. The summed E-state index contributed by atoms with van der Waals surface area (Å²) in [5, 5.41) is 19.2. The minimum absolute atomic E-state index is 0.0704. The Labute approximate surface area is 179 Å². The van der Waals surface area contributed by atoms with E-state index in [1.54, 1.807) is 0 Å². The van der Waals surface area contributed by atoms with Gasteiger partial charge in [0, 0.05) is 25.4 Å². The van der Waals surface area contributed by atoms with E-state index in [0.717, 1.165) is 31.4 Å². The number of aliphatic hydroxyl groups is 1. The van der Waals surface area contributed by atoms with Crippen LogP contribution >= 0.6 is 0 Å². The third-order valence-corrected chi connectivity index (χ3v) is 6.17. The Morgan fingerprint density at radius 2 is 2.06 bits per heavy atom. The molecule has 0 spiro atoms. The topological polar surface area (TPSA) is 76.0 Å². The zero-order valence-electron chi connectivity index (χ0n) is 17.3. The van der Waals surface area contributed by atoms with Crippen LogP contribution < -0.4 is 4.74 Å². The van der Waals surface area contributed by atoms with Crippen molar-refractivity contribution in [3.8, 4) is 5.75 Å². The van der Waals surface area contributed by atoms with Gasteiger partial charge in [0.2, 0.25) is 0 Å². The number of hydrogen-bond donors (Lipinski definition) is 2. The van der Waals surface area contributed by atoms with E-state index in [2.05, 4.69) is 0 Å². The van der Waals surface area contributed by atoms with Crippen LogP contribution in [-0.2, 0) is 9.53 Å². The Balaban J connectivity index is 1.55. The highest BCUT2D eigenvalue weighted by molar-refractivity contribution is 5.66. The lowest BCUT2D eigenvalue weighted by molar-refractivity contribution is -0.137. The number of alkyl halides is 2. The second kappa shape index (κ2) is 10.5. The van der Waals surface area contributed by atoms with Gasteiger partial charge in [-0.1, -0.05) is 18.2 Å². The van der Waals surface area contributed by atoms with Gasteiger partial charge in [-0.05, 0) is 55.7 Å². The number of carboxylic acid groups (broad SMARTS) is 1. The number of hydrogen-bond acceptors (Lipinski definition) is 4. The maximum Gasteiger partial charge on any atom is 0.303 e. The molecular weight excluding hydrogens is 413 g/mol. The molecule has 2 fully saturated rings. The van der Waals surface area contributed by atoms with E-state index >= 15 is 0 Å². The van der Waals surface area contributed by atoms with Crippen molar-refractivity contribution in [2.45, 2.75) is 56.7 Å². The number of benzene rings is 1. The molecule has 1 saturated heterocycles. The van der Waals surface area contributed by atoms with Crippen molar-refractivity contribution in [3.05, 3.63) is 42.2 Å². The maximum atomic E-state index is 14.3.